The minimum Gasteiger partial charge on any atom is -0.278 e. The predicted molar refractivity (Wildman–Crippen MR) is 96.2 cm³/mol. The number of benzene rings is 1. The Bertz CT molecular complexity index is 541. The van der Waals surface area contributed by atoms with E-state index < -0.39 is 16.1 Å². The van der Waals surface area contributed by atoms with Crippen LogP contribution in [0.4, 0.5) is 0 Å². The molecule has 1 aromatic rings. The highest BCUT2D eigenvalue weighted by molar-refractivity contribution is 6.88. The minimum atomic E-state index is -1.74. The van der Waals surface area contributed by atoms with E-state index in [-0.39, 0.29) is 22.9 Å². The van der Waals surface area contributed by atoms with E-state index in [0.717, 1.165) is 5.56 Å². The van der Waals surface area contributed by atoms with Gasteiger partial charge in [-0.2, -0.15) is 0 Å². The Morgan fingerprint density at radius 1 is 0.818 bits per heavy atom. The van der Waals surface area contributed by atoms with Crippen LogP contribution in [0, 0.1) is 0 Å². The van der Waals surface area contributed by atoms with Crippen molar-refractivity contribution in [2.45, 2.75) is 56.9 Å². The quantitative estimate of drug-likeness (QED) is 0.617. The first-order chi connectivity index (χ1) is 10.0. The summed E-state index contributed by atoms with van der Waals surface area (Å²) in [5, 5.41) is 0. The SMILES string of the molecule is C[Si](C)(C)C1C(=O)N(Cc2ccccc2)C(=O)C1[Si](C)(C)C. The van der Waals surface area contributed by atoms with Gasteiger partial charge in [0.2, 0.25) is 11.8 Å². The highest BCUT2D eigenvalue weighted by Gasteiger charge is 2.56. The molecule has 0 saturated carbocycles. The molecule has 0 radical (unpaired) electrons. The summed E-state index contributed by atoms with van der Waals surface area (Å²) in [6.07, 6.45) is 0. The predicted octanol–water partition coefficient (Wildman–Crippen LogP) is 3.97. The maximum absolute atomic E-state index is 13.0. The average Bonchev–Trinajstić information content (AvgIpc) is 2.64. The maximum Gasteiger partial charge on any atom is 0.230 e. The number of carbonyl (C=O) groups is 2. The molecule has 1 fully saturated rings. The molecule has 3 nitrogen and oxygen atoms in total. The van der Waals surface area contributed by atoms with E-state index in [0.29, 0.717) is 6.54 Å². The number of imide groups is 1. The third-order valence-electron chi connectivity index (χ3n) is 4.45. The van der Waals surface area contributed by atoms with Gasteiger partial charge in [-0.1, -0.05) is 69.6 Å². The molecule has 22 heavy (non-hydrogen) atoms. The van der Waals surface area contributed by atoms with Gasteiger partial charge in [0.15, 0.2) is 0 Å². The largest absolute Gasteiger partial charge is 0.278 e. The van der Waals surface area contributed by atoms with Crippen LogP contribution in [-0.2, 0) is 16.1 Å². The van der Waals surface area contributed by atoms with Gasteiger partial charge >= 0.3 is 0 Å². The van der Waals surface area contributed by atoms with Crippen LogP contribution in [0.25, 0.3) is 0 Å². The smallest absolute Gasteiger partial charge is 0.230 e. The zero-order valence-electron chi connectivity index (χ0n) is 14.5. The van der Waals surface area contributed by atoms with Crippen molar-refractivity contribution in [2.24, 2.45) is 0 Å². The Morgan fingerprint density at radius 3 is 1.59 bits per heavy atom. The van der Waals surface area contributed by atoms with Gasteiger partial charge in [-0.15, -0.1) is 0 Å². The van der Waals surface area contributed by atoms with Crippen molar-refractivity contribution < 1.29 is 9.59 Å². The fourth-order valence-corrected chi connectivity index (χ4v) is 10.5. The summed E-state index contributed by atoms with van der Waals surface area (Å²) in [6, 6.07) is 9.81. The molecule has 1 saturated heterocycles. The fourth-order valence-electron chi connectivity index (χ4n) is 3.39. The molecule has 1 aliphatic heterocycles. The second-order valence-corrected chi connectivity index (χ2v) is 19.1. The first-order valence-electron chi connectivity index (χ1n) is 7.92. The Kier molecular flexibility index (Phi) is 4.50. The van der Waals surface area contributed by atoms with Gasteiger partial charge in [0.1, 0.15) is 0 Å². The molecule has 2 atom stereocenters. The molecule has 2 rings (SSSR count). The second kappa shape index (κ2) is 5.78. The van der Waals surface area contributed by atoms with Crippen molar-refractivity contribution in [1.82, 2.24) is 4.90 Å². The van der Waals surface area contributed by atoms with Crippen LogP contribution in [0.3, 0.4) is 0 Å². The van der Waals surface area contributed by atoms with E-state index in [1.54, 1.807) is 0 Å². The Balaban J connectivity index is 2.38. The van der Waals surface area contributed by atoms with Gasteiger partial charge in [0.25, 0.3) is 0 Å². The maximum atomic E-state index is 13.0. The van der Waals surface area contributed by atoms with Crippen LogP contribution >= 0.6 is 0 Å². The van der Waals surface area contributed by atoms with Crippen LogP contribution < -0.4 is 0 Å². The first kappa shape index (κ1) is 17.2. The van der Waals surface area contributed by atoms with Crippen LogP contribution in [0.2, 0.25) is 50.4 Å². The summed E-state index contributed by atoms with van der Waals surface area (Å²) in [4.78, 5) is 27.5. The minimum absolute atomic E-state index is 0.0598. The van der Waals surface area contributed by atoms with Gasteiger partial charge < -0.3 is 0 Å². The van der Waals surface area contributed by atoms with Crippen molar-refractivity contribution in [3.05, 3.63) is 35.9 Å². The van der Waals surface area contributed by atoms with Gasteiger partial charge in [-0.05, 0) is 5.56 Å². The lowest BCUT2D eigenvalue weighted by molar-refractivity contribution is -0.139. The molecule has 5 heteroatoms. The Hall–Kier alpha value is -1.21. The first-order valence-corrected chi connectivity index (χ1v) is 15.1. The molecule has 0 aliphatic carbocycles. The van der Waals surface area contributed by atoms with Crippen molar-refractivity contribution in [2.75, 3.05) is 0 Å². The Labute approximate surface area is 135 Å². The number of hydrogen-bond donors (Lipinski definition) is 0. The molecule has 2 amide bonds. The van der Waals surface area contributed by atoms with Crippen LogP contribution in [0.5, 0.6) is 0 Å². The molecular weight excluding hydrogens is 306 g/mol. The molecular formula is C17H27NO2Si2. The molecule has 120 valence electrons. The molecule has 0 aromatic heterocycles. The van der Waals surface area contributed by atoms with E-state index in [9.17, 15) is 9.59 Å². The second-order valence-electron chi connectivity index (χ2n) is 8.44. The molecule has 0 bridgehead atoms. The summed E-state index contributed by atoms with van der Waals surface area (Å²) in [5.74, 6) is 0.140. The zero-order chi connectivity index (χ0) is 16.7. The summed E-state index contributed by atoms with van der Waals surface area (Å²) in [6.45, 7) is 13.7. The van der Waals surface area contributed by atoms with Gasteiger partial charge in [-0.3, -0.25) is 14.5 Å². The molecule has 0 N–H and O–H groups in total. The van der Waals surface area contributed by atoms with Gasteiger partial charge in [0, 0.05) is 11.1 Å². The fraction of sp³-hybridized carbons (Fsp3) is 0.529. The van der Waals surface area contributed by atoms with E-state index in [1.807, 2.05) is 30.3 Å². The lowest BCUT2D eigenvalue weighted by Crippen LogP contribution is -2.42. The summed E-state index contributed by atoms with van der Waals surface area (Å²) < 4.78 is 0. The summed E-state index contributed by atoms with van der Waals surface area (Å²) >= 11 is 0. The average molecular weight is 334 g/mol. The van der Waals surface area contributed by atoms with Gasteiger partial charge in [-0.25, -0.2) is 0 Å². The van der Waals surface area contributed by atoms with Crippen molar-refractivity contribution in [1.29, 1.82) is 0 Å². The monoisotopic (exact) mass is 333 g/mol. The van der Waals surface area contributed by atoms with E-state index in [2.05, 4.69) is 39.3 Å². The van der Waals surface area contributed by atoms with Gasteiger partial charge in [0.05, 0.1) is 22.7 Å². The summed E-state index contributed by atoms with van der Waals surface area (Å²) in [7, 11) is -3.48. The number of carbonyl (C=O) groups excluding carboxylic acids is 2. The van der Waals surface area contributed by atoms with Crippen molar-refractivity contribution >= 4 is 28.0 Å². The lowest BCUT2D eigenvalue weighted by Gasteiger charge is -2.33. The van der Waals surface area contributed by atoms with E-state index in [4.69, 9.17) is 0 Å². The number of amides is 2. The van der Waals surface area contributed by atoms with Crippen molar-refractivity contribution in [3.8, 4) is 0 Å². The summed E-state index contributed by atoms with van der Waals surface area (Å²) in [5.41, 5.74) is 0.903. The highest BCUT2D eigenvalue weighted by Crippen LogP contribution is 2.48. The number of rotatable bonds is 4. The normalized spacial score (nSPS) is 23.3. The number of hydrogen-bond acceptors (Lipinski definition) is 2. The topological polar surface area (TPSA) is 37.4 Å². The van der Waals surface area contributed by atoms with Crippen LogP contribution in [0.15, 0.2) is 30.3 Å². The highest BCUT2D eigenvalue weighted by atomic mass is 28.3. The Morgan fingerprint density at radius 2 is 1.23 bits per heavy atom. The molecule has 1 aromatic carbocycles. The van der Waals surface area contributed by atoms with Crippen LogP contribution in [-0.4, -0.2) is 32.9 Å². The molecule has 1 heterocycles. The third-order valence-corrected chi connectivity index (χ3v) is 9.67. The third kappa shape index (κ3) is 3.25. The van der Waals surface area contributed by atoms with E-state index in [1.165, 1.54) is 4.90 Å². The number of nitrogens with zero attached hydrogens (tertiary/aromatic N) is 1. The lowest BCUT2D eigenvalue weighted by atomic mass is 10.2. The molecule has 2 unspecified atom stereocenters. The molecule has 1 aliphatic rings. The zero-order valence-corrected chi connectivity index (χ0v) is 16.5. The van der Waals surface area contributed by atoms with Crippen LogP contribution in [0.1, 0.15) is 5.56 Å². The molecule has 0 spiro atoms. The van der Waals surface area contributed by atoms with Crippen molar-refractivity contribution in [3.63, 3.8) is 0 Å². The number of likely N-dealkylation sites (tertiary alicyclic amines) is 1. The van der Waals surface area contributed by atoms with E-state index >= 15 is 0 Å². The standard InChI is InChI=1S/C17H27NO2Si2/c1-21(2,3)14-15(22(4,5)6)17(20)18(16(14)19)12-13-10-8-7-9-11-13/h7-11,14-15H,12H2,1-6H3.